The topological polar surface area (TPSA) is 45.7 Å². The van der Waals surface area contributed by atoms with Gasteiger partial charge in [0.25, 0.3) is 5.91 Å². The molecule has 7 heteroatoms. The average Bonchev–Trinajstić information content (AvgIpc) is 2.96. The predicted molar refractivity (Wildman–Crippen MR) is 81.0 cm³/mol. The Hall–Kier alpha value is -0.880. The molecule has 114 valence electrons. The van der Waals surface area contributed by atoms with Crippen LogP contribution in [-0.2, 0) is 4.74 Å². The number of amides is 1. The van der Waals surface area contributed by atoms with Crippen molar-refractivity contribution in [1.82, 2.24) is 14.8 Å². The molecule has 1 amide bonds. The van der Waals surface area contributed by atoms with E-state index < -0.39 is 0 Å². The molecule has 1 atom stereocenters. The third kappa shape index (κ3) is 3.48. The van der Waals surface area contributed by atoms with Crippen molar-refractivity contribution < 1.29 is 9.53 Å². The standard InChI is InChI=1S/C14H17Cl2N3O2/c15-12-7-10(8-13(16)17-12)14(20)19-2-1-11(9-19)18-3-5-21-6-4-18/h7-8,11H,1-6,9H2. The highest BCUT2D eigenvalue weighted by atomic mass is 35.5. The molecular weight excluding hydrogens is 313 g/mol. The zero-order valence-corrected chi connectivity index (χ0v) is 13.1. The number of likely N-dealkylation sites (tertiary alicyclic amines) is 1. The second-order valence-corrected chi connectivity index (χ2v) is 6.12. The molecule has 2 aliphatic rings. The summed E-state index contributed by atoms with van der Waals surface area (Å²) in [6, 6.07) is 3.56. The number of carbonyl (C=O) groups is 1. The van der Waals surface area contributed by atoms with Gasteiger partial charge in [-0.3, -0.25) is 9.69 Å². The van der Waals surface area contributed by atoms with Crippen molar-refractivity contribution in [2.24, 2.45) is 0 Å². The van der Waals surface area contributed by atoms with Gasteiger partial charge in [-0.25, -0.2) is 4.98 Å². The minimum absolute atomic E-state index is 0.0306. The largest absolute Gasteiger partial charge is 0.379 e. The number of rotatable bonds is 2. The highest BCUT2D eigenvalue weighted by Gasteiger charge is 2.31. The third-order valence-electron chi connectivity index (χ3n) is 4.02. The van der Waals surface area contributed by atoms with Crippen LogP contribution in [0, 0.1) is 0 Å². The smallest absolute Gasteiger partial charge is 0.254 e. The lowest BCUT2D eigenvalue weighted by Gasteiger charge is -2.32. The number of aromatic nitrogens is 1. The van der Waals surface area contributed by atoms with Crippen molar-refractivity contribution in [3.63, 3.8) is 0 Å². The molecule has 21 heavy (non-hydrogen) atoms. The van der Waals surface area contributed by atoms with Crippen LogP contribution in [0.2, 0.25) is 10.3 Å². The van der Waals surface area contributed by atoms with E-state index in [0.717, 1.165) is 45.8 Å². The summed E-state index contributed by atoms with van der Waals surface area (Å²) >= 11 is 11.7. The molecule has 0 spiro atoms. The Balaban J connectivity index is 1.66. The monoisotopic (exact) mass is 329 g/mol. The SMILES string of the molecule is O=C(c1cc(Cl)nc(Cl)c1)N1CCC(N2CCOCC2)C1. The van der Waals surface area contributed by atoms with Crippen LogP contribution < -0.4 is 0 Å². The van der Waals surface area contributed by atoms with E-state index in [2.05, 4.69) is 9.88 Å². The molecule has 3 heterocycles. The Morgan fingerprint density at radius 1 is 1.19 bits per heavy atom. The number of carbonyl (C=O) groups excluding carboxylic acids is 1. The molecule has 1 aromatic rings. The van der Waals surface area contributed by atoms with Crippen LogP contribution in [0.5, 0.6) is 0 Å². The first kappa shape index (κ1) is 15.0. The maximum Gasteiger partial charge on any atom is 0.254 e. The van der Waals surface area contributed by atoms with E-state index in [1.807, 2.05) is 4.90 Å². The summed E-state index contributed by atoms with van der Waals surface area (Å²) in [6.07, 6.45) is 0.998. The first-order valence-corrected chi connectivity index (χ1v) is 7.83. The van der Waals surface area contributed by atoms with Gasteiger partial charge in [0.2, 0.25) is 0 Å². The Kier molecular flexibility index (Phi) is 4.64. The van der Waals surface area contributed by atoms with Crippen LogP contribution in [0.1, 0.15) is 16.8 Å². The summed E-state index contributed by atoms with van der Waals surface area (Å²) in [5.41, 5.74) is 0.502. The lowest BCUT2D eigenvalue weighted by Crippen LogP contribution is -2.45. The minimum atomic E-state index is -0.0306. The first-order chi connectivity index (χ1) is 10.1. The molecule has 2 fully saturated rings. The first-order valence-electron chi connectivity index (χ1n) is 7.07. The summed E-state index contributed by atoms with van der Waals surface area (Å²) in [6.45, 7) is 4.95. The Labute approximate surface area is 133 Å². The number of hydrogen-bond acceptors (Lipinski definition) is 4. The number of halogens is 2. The van der Waals surface area contributed by atoms with Crippen molar-refractivity contribution in [2.75, 3.05) is 39.4 Å². The summed E-state index contributed by atoms with van der Waals surface area (Å²) in [4.78, 5) is 20.7. The molecule has 0 aromatic carbocycles. The second kappa shape index (κ2) is 6.48. The Morgan fingerprint density at radius 2 is 1.86 bits per heavy atom. The third-order valence-corrected chi connectivity index (χ3v) is 4.41. The molecular formula is C14H17Cl2N3O2. The summed E-state index contributed by atoms with van der Waals surface area (Å²) < 4.78 is 5.37. The minimum Gasteiger partial charge on any atom is -0.379 e. The molecule has 1 unspecified atom stereocenters. The summed E-state index contributed by atoms with van der Waals surface area (Å²) in [7, 11) is 0. The molecule has 0 aliphatic carbocycles. The van der Waals surface area contributed by atoms with Gasteiger partial charge in [-0.15, -0.1) is 0 Å². The summed E-state index contributed by atoms with van der Waals surface area (Å²) in [5.74, 6) is -0.0306. The van der Waals surface area contributed by atoms with Gasteiger partial charge >= 0.3 is 0 Å². The zero-order chi connectivity index (χ0) is 14.8. The Bertz CT molecular complexity index is 515. The fourth-order valence-corrected chi connectivity index (χ4v) is 3.40. The molecule has 1 aromatic heterocycles. The molecule has 5 nitrogen and oxygen atoms in total. The van der Waals surface area contributed by atoms with E-state index in [1.54, 1.807) is 12.1 Å². The predicted octanol–water partition coefficient (Wildman–Crippen LogP) is 1.94. The van der Waals surface area contributed by atoms with Gasteiger partial charge in [0.15, 0.2) is 0 Å². The van der Waals surface area contributed by atoms with Crippen molar-refractivity contribution in [3.05, 3.63) is 28.0 Å². The van der Waals surface area contributed by atoms with E-state index in [4.69, 9.17) is 27.9 Å². The molecule has 2 saturated heterocycles. The molecule has 0 radical (unpaired) electrons. The number of ether oxygens (including phenoxy) is 1. The van der Waals surface area contributed by atoms with E-state index in [0.29, 0.717) is 11.6 Å². The number of pyridine rings is 1. The summed E-state index contributed by atoms with van der Waals surface area (Å²) in [5, 5.41) is 0.490. The van der Waals surface area contributed by atoms with Crippen LogP contribution in [-0.4, -0.2) is 66.1 Å². The van der Waals surface area contributed by atoms with E-state index in [9.17, 15) is 4.79 Å². The van der Waals surface area contributed by atoms with Crippen LogP contribution in [0.15, 0.2) is 12.1 Å². The van der Waals surface area contributed by atoms with Crippen molar-refractivity contribution in [3.8, 4) is 0 Å². The van der Waals surface area contributed by atoms with Crippen molar-refractivity contribution in [2.45, 2.75) is 12.5 Å². The molecule has 0 N–H and O–H groups in total. The van der Waals surface area contributed by atoms with E-state index in [1.165, 1.54) is 0 Å². The van der Waals surface area contributed by atoms with Gasteiger partial charge < -0.3 is 9.64 Å². The molecule has 3 rings (SSSR count). The zero-order valence-electron chi connectivity index (χ0n) is 11.6. The lowest BCUT2D eigenvalue weighted by atomic mass is 10.2. The van der Waals surface area contributed by atoms with Crippen LogP contribution in [0.3, 0.4) is 0 Å². The fraction of sp³-hybridized carbons (Fsp3) is 0.571. The van der Waals surface area contributed by atoms with Gasteiger partial charge in [-0.05, 0) is 18.6 Å². The second-order valence-electron chi connectivity index (χ2n) is 5.34. The molecule has 0 saturated carbocycles. The van der Waals surface area contributed by atoms with Gasteiger partial charge in [0, 0.05) is 37.8 Å². The van der Waals surface area contributed by atoms with Crippen LogP contribution >= 0.6 is 23.2 Å². The van der Waals surface area contributed by atoms with Gasteiger partial charge in [0.1, 0.15) is 10.3 Å². The number of nitrogens with zero attached hydrogens (tertiary/aromatic N) is 3. The van der Waals surface area contributed by atoms with Crippen LogP contribution in [0.25, 0.3) is 0 Å². The molecule has 0 bridgehead atoms. The van der Waals surface area contributed by atoms with E-state index >= 15 is 0 Å². The van der Waals surface area contributed by atoms with E-state index in [-0.39, 0.29) is 16.2 Å². The maximum absolute atomic E-state index is 12.5. The highest BCUT2D eigenvalue weighted by Crippen LogP contribution is 2.21. The van der Waals surface area contributed by atoms with Gasteiger partial charge in [0.05, 0.1) is 13.2 Å². The van der Waals surface area contributed by atoms with Crippen molar-refractivity contribution in [1.29, 1.82) is 0 Å². The van der Waals surface area contributed by atoms with Gasteiger partial charge in [-0.1, -0.05) is 23.2 Å². The normalized spacial score (nSPS) is 23.5. The highest BCUT2D eigenvalue weighted by molar-refractivity contribution is 6.33. The Morgan fingerprint density at radius 3 is 2.52 bits per heavy atom. The quantitative estimate of drug-likeness (QED) is 0.778. The van der Waals surface area contributed by atoms with Gasteiger partial charge in [-0.2, -0.15) is 0 Å². The fourth-order valence-electron chi connectivity index (χ4n) is 2.94. The maximum atomic E-state index is 12.5. The van der Waals surface area contributed by atoms with Crippen LogP contribution in [0.4, 0.5) is 0 Å². The lowest BCUT2D eigenvalue weighted by molar-refractivity contribution is 0.0185. The molecule has 2 aliphatic heterocycles. The number of hydrogen-bond donors (Lipinski definition) is 0. The number of morpholine rings is 1. The van der Waals surface area contributed by atoms with Crippen molar-refractivity contribution >= 4 is 29.1 Å². The average molecular weight is 330 g/mol.